The molecule has 2 nitrogen and oxygen atoms in total. The lowest BCUT2D eigenvalue weighted by atomic mass is 9.71. The number of benzene rings is 3. The van der Waals surface area contributed by atoms with E-state index in [2.05, 4.69) is 51.1 Å². The van der Waals surface area contributed by atoms with Crippen molar-refractivity contribution < 1.29 is 14.2 Å². The smallest absolute Gasteiger partial charge is 0.126 e. The normalized spacial score (nSPS) is 20.9. The number of aliphatic hydroxyl groups excluding tert-OH is 1. The maximum absolute atomic E-state index is 14.0. The first-order valence-corrected chi connectivity index (χ1v) is 14.1. The summed E-state index contributed by atoms with van der Waals surface area (Å²) in [5.74, 6) is 1.11. The number of hydrogen-bond donors (Lipinski definition) is 1. The minimum Gasteiger partial charge on any atom is -0.487 e. The minimum absolute atomic E-state index is 0.109. The molecule has 2 saturated carbocycles. The Kier molecular flexibility index (Phi) is 6.18. The Hall–Kier alpha value is -2.65. The first-order valence-electron chi connectivity index (χ1n) is 14.1. The van der Waals surface area contributed by atoms with Crippen LogP contribution in [0.2, 0.25) is 0 Å². The SMILES string of the molecule is CC(C)(C)c1ccc(Cc2c(C3CCCC3)cc3c(c2-c2ccc(F)cc2)[C@@H](O)CC2(CCC2)O3)cc1. The molecule has 0 radical (unpaired) electrons. The van der Waals surface area contributed by atoms with Crippen LogP contribution >= 0.6 is 0 Å². The number of halogens is 1. The predicted molar refractivity (Wildman–Crippen MR) is 148 cm³/mol. The summed E-state index contributed by atoms with van der Waals surface area (Å²) in [6.07, 6.45) is 8.89. The molecule has 0 saturated heterocycles. The van der Waals surface area contributed by atoms with Gasteiger partial charge in [-0.1, -0.05) is 70.0 Å². The highest BCUT2D eigenvalue weighted by molar-refractivity contribution is 5.77. The van der Waals surface area contributed by atoms with Crippen LogP contribution in [0.25, 0.3) is 11.1 Å². The second-order valence-corrected chi connectivity index (χ2v) is 12.7. The summed E-state index contributed by atoms with van der Waals surface area (Å²) < 4.78 is 20.7. The molecule has 1 heterocycles. The maximum atomic E-state index is 14.0. The molecule has 37 heavy (non-hydrogen) atoms. The summed E-state index contributed by atoms with van der Waals surface area (Å²) in [5.41, 5.74) is 8.02. The van der Waals surface area contributed by atoms with Gasteiger partial charge in [0.05, 0.1) is 6.10 Å². The molecule has 3 aromatic carbocycles. The molecule has 6 rings (SSSR count). The third-order valence-corrected chi connectivity index (χ3v) is 9.09. The first-order chi connectivity index (χ1) is 17.7. The van der Waals surface area contributed by atoms with Gasteiger partial charge in [0.1, 0.15) is 17.2 Å². The van der Waals surface area contributed by atoms with Gasteiger partial charge in [0.25, 0.3) is 0 Å². The Morgan fingerprint density at radius 2 is 1.62 bits per heavy atom. The molecular formula is C34H39FO2. The Morgan fingerprint density at radius 1 is 0.946 bits per heavy atom. The van der Waals surface area contributed by atoms with Gasteiger partial charge in [-0.05, 0) is 101 Å². The Bertz CT molecular complexity index is 1270. The van der Waals surface area contributed by atoms with E-state index in [1.54, 1.807) is 0 Å². The van der Waals surface area contributed by atoms with E-state index >= 15 is 0 Å². The fraction of sp³-hybridized carbons (Fsp3) is 0.471. The first kappa shape index (κ1) is 24.7. The van der Waals surface area contributed by atoms with Crippen molar-refractivity contribution in [2.45, 2.75) is 102 Å². The van der Waals surface area contributed by atoms with Gasteiger partial charge in [-0.25, -0.2) is 4.39 Å². The summed E-state index contributed by atoms with van der Waals surface area (Å²) in [6, 6.07) is 18.1. The number of ether oxygens (including phenoxy) is 1. The zero-order valence-corrected chi connectivity index (χ0v) is 22.4. The van der Waals surface area contributed by atoms with E-state index in [0.717, 1.165) is 48.1 Å². The molecule has 3 heteroatoms. The average Bonchev–Trinajstić information content (AvgIpc) is 3.38. The van der Waals surface area contributed by atoms with Crippen LogP contribution in [0, 0.1) is 5.82 Å². The molecule has 3 aromatic rings. The van der Waals surface area contributed by atoms with Gasteiger partial charge in [-0.3, -0.25) is 0 Å². The quantitative estimate of drug-likeness (QED) is 0.389. The molecule has 194 valence electrons. The van der Waals surface area contributed by atoms with E-state index in [4.69, 9.17) is 4.74 Å². The molecule has 2 fully saturated rings. The van der Waals surface area contributed by atoms with Crippen molar-refractivity contribution in [2.24, 2.45) is 0 Å². The zero-order valence-electron chi connectivity index (χ0n) is 22.4. The summed E-state index contributed by atoms with van der Waals surface area (Å²) in [4.78, 5) is 0. The molecule has 1 spiro atoms. The summed E-state index contributed by atoms with van der Waals surface area (Å²) in [7, 11) is 0. The monoisotopic (exact) mass is 498 g/mol. The molecule has 1 atom stereocenters. The van der Waals surface area contributed by atoms with Gasteiger partial charge < -0.3 is 9.84 Å². The molecule has 1 N–H and O–H groups in total. The summed E-state index contributed by atoms with van der Waals surface area (Å²) in [6.45, 7) is 6.73. The number of aliphatic hydroxyl groups is 1. The van der Waals surface area contributed by atoms with Crippen LogP contribution in [0.1, 0.15) is 112 Å². The molecule has 0 unspecified atom stereocenters. The highest BCUT2D eigenvalue weighted by Gasteiger charge is 2.46. The van der Waals surface area contributed by atoms with E-state index < -0.39 is 6.10 Å². The van der Waals surface area contributed by atoms with E-state index in [-0.39, 0.29) is 16.8 Å². The lowest BCUT2D eigenvalue weighted by molar-refractivity contribution is -0.0661. The van der Waals surface area contributed by atoms with Crippen molar-refractivity contribution in [2.75, 3.05) is 0 Å². The van der Waals surface area contributed by atoms with Crippen molar-refractivity contribution in [3.8, 4) is 16.9 Å². The summed E-state index contributed by atoms with van der Waals surface area (Å²) >= 11 is 0. The third-order valence-electron chi connectivity index (χ3n) is 9.09. The van der Waals surface area contributed by atoms with Crippen molar-refractivity contribution >= 4 is 0 Å². The van der Waals surface area contributed by atoms with Crippen molar-refractivity contribution in [3.05, 3.63) is 88.2 Å². The highest BCUT2D eigenvalue weighted by Crippen LogP contribution is 2.54. The number of fused-ring (bicyclic) bond motifs is 1. The molecule has 2 aliphatic carbocycles. The average molecular weight is 499 g/mol. The van der Waals surface area contributed by atoms with Crippen molar-refractivity contribution in [1.29, 1.82) is 0 Å². The molecule has 0 aromatic heterocycles. The predicted octanol–water partition coefficient (Wildman–Crippen LogP) is 8.78. The van der Waals surface area contributed by atoms with Crippen LogP contribution < -0.4 is 4.74 Å². The Balaban J connectivity index is 1.54. The number of hydrogen-bond acceptors (Lipinski definition) is 2. The van der Waals surface area contributed by atoms with Crippen LogP contribution in [-0.2, 0) is 11.8 Å². The Labute approximate surface area is 220 Å². The molecule has 0 amide bonds. The molecule has 3 aliphatic rings. The fourth-order valence-electron chi connectivity index (χ4n) is 6.82. The van der Waals surface area contributed by atoms with Crippen LogP contribution in [0.5, 0.6) is 5.75 Å². The van der Waals surface area contributed by atoms with E-state index in [9.17, 15) is 9.50 Å². The van der Waals surface area contributed by atoms with Gasteiger partial charge in [0.2, 0.25) is 0 Å². The third kappa shape index (κ3) is 4.61. The van der Waals surface area contributed by atoms with Crippen LogP contribution in [0.15, 0.2) is 54.6 Å². The van der Waals surface area contributed by atoms with Crippen LogP contribution in [0.4, 0.5) is 4.39 Å². The topological polar surface area (TPSA) is 29.5 Å². The second kappa shape index (κ2) is 9.27. The molecule has 0 bridgehead atoms. The van der Waals surface area contributed by atoms with E-state index in [1.165, 1.54) is 60.1 Å². The van der Waals surface area contributed by atoms with Crippen molar-refractivity contribution in [3.63, 3.8) is 0 Å². The minimum atomic E-state index is -0.580. The van der Waals surface area contributed by atoms with Gasteiger partial charge >= 0.3 is 0 Å². The second-order valence-electron chi connectivity index (χ2n) is 12.7. The van der Waals surface area contributed by atoms with Crippen LogP contribution in [0.3, 0.4) is 0 Å². The Morgan fingerprint density at radius 3 is 2.22 bits per heavy atom. The lowest BCUT2D eigenvalue weighted by Crippen LogP contribution is -2.47. The van der Waals surface area contributed by atoms with Gasteiger partial charge in [-0.15, -0.1) is 0 Å². The number of rotatable bonds is 4. The standard InChI is InChI=1S/C34H39FO2/c1-33(2,3)25-13-9-22(10-14-25)19-28-27(23-7-4-5-8-23)20-30-32(29(36)21-34(37-30)17-6-18-34)31(28)24-11-15-26(35)16-12-24/h9-16,20,23,29,36H,4-8,17-19,21H2,1-3H3/t29-/m0/s1. The van der Waals surface area contributed by atoms with Crippen LogP contribution in [-0.4, -0.2) is 10.7 Å². The van der Waals surface area contributed by atoms with Gasteiger partial charge in [0.15, 0.2) is 0 Å². The fourth-order valence-corrected chi connectivity index (χ4v) is 6.82. The zero-order chi connectivity index (χ0) is 25.8. The molecule has 1 aliphatic heterocycles. The van der Waals surface area contributed by atoms with Gasteiger partial charge in [-0.2, -0.15) is 0 Å². The largest absolute Gasteiger partial charge is 0.487 e. The van der Waals surface area contributed by atoms with Crippen molar-refractivity contribution in [1.82, 2.24) is 0 Å². The van der Waals surface area contributed by atoms with E-state index in [0.29, 0.717) is 12.3 Å². The maximum Gasteiger partial charge on any atom is 0.126 e. The van der Waals surface area contributed by atoms with E-state index in [1.807, 2.05) is 12.1 Å². The highest BCUT2D eigenvalue weighted by atomic mass is 19.1. The molecular weight excluding hydrogens is 459 g/mol. The van der Waals surface area contributed by atoms with Gasteiger partial charge in [0, 0.05) is 12.0 Å². The summed E-state index contributed by atoms with van der Waals surface area (Å²) in [5, 5.41) is 11.6. The lowest BCUT2D eigenvalue weighted by Gasteiger charge is -2.47.